The molecule has 4 rings (SSSR count). The number of nitrogens with one attached hydrogen (secondary N) is 1. The molecule has 1 aliphatic heterocycles. The van der Waals surface area contributed by atoms with Crippen molar-refractivity contribution in [1.82, 2.24) is 19.3 Å². The highest BCUT2D eigenvalue weighted by molar-refractivity contribution is 7.89. The molecule has 33 heavy (non-hydrogen) atoms. The molecular formula is C24H31N5O3S. The predicted octanol–water partition coefficient (Wildman–Crippen LogP) is 4.06. The molecule has 0 unspecified atom stereocenters. The maximum atomic E-state index is 13.2. The van der Waals surface area contributed by atoms with Crippen molar-refractivity contribution >= 4 is 32.7 Å². The van der Waals surface area contributed by atoms with Crippen LogP contribution in [0.15, 0.2) is 41.3 Å². The quantitative estimate of drug-likeness (QED) is 0.587. The van der Waals surface area contributed by atoms with E-state index in [0.29, 0.717) is 31.4 Å². The average molecular weight is 470 g/mol. The van der Waals surface area contributed by atoms with Crippen LogP contribution in [0.5, 0.6) is 0 Å². The first-order valence-corrected chi connectivity index (χ1v) is 12.9. The third-order valence-electron chi connectivity index (χ3n) is 6.78. The molecule has 8 nitrogen and oxygen atoms in total. The van der Waals surface area contributed by atoms with Crippen LogP contribution in [0.25, 0.3) is 11.0 Å². The van der Waals surface area contributed by atoms with E-state index in [1.54, 1.807) is 18.2 Å². The number of fused-ring (bicyclic) bond motifs is 1. The van der Waals surface area contributed by atoms with Gasteiger partial charge in [-0.2, -0.15) is 4.31 Å². The Morgan fingerprint density at radius 1 is 1.18 bits per heavy atom. The van der Waals surface area contributed by atoms with Crippen molar-refractivity contribution in [3.05, 3.63) is 47.5 Å². The van der Waals surface area contributed by atoms with Crippen LogP contribution in [-0.4, -0.2) is 46.7 Å². The molecular weight excluding hydrogens is 438 g/mol. The number of amides is 1. The first-order valence-electron chi connectivity index (χ1n) is 11.4. The topological polar surface area (TPSA) is 97.2 Å². The maximum absolute atomic E-state index is 13.2. The number of benzene rings is 2. The van der Waals surface area contributed by atoms with Crippen LogP contribution in [0.1, 0.15) is 50.3 Å². The van der Waals surface area contributed by atoms with E-state index < -0.39 is 10.0 Å². The lowest BCUT2D eigenvalue weighted by Crippen LogP contribution is -2.41. The van der Waals surface area contributed by atoms with E-state index >= 15 is 0 Å². The molecule has 0 aliphatic carbocycles. The molecule has 0 spiro atoms. The van der Waals surface area contributed by atoms with E-state index in [-0.39, 0.29) is 22.8 Å². The molecule has 1 amide bonds. The minimum Gasteiger partial charge on any atom is -0.326 e. The normalized spacial score (nSPS) is 16.7. The Hall–Kier alpha value is -2.78. The minimum atomic E-state index is -3.67. The molecule has 1 aliphatic rings. The van der Waals surface area contributed by atoms with Crippen molar-refractivity contribution in [2.75, 3.05) is 18.4 Å². The summed E-state index contributed by atoms with van der Waals surface area (Å²) in [6.45, 7) is 8.74. The molecule has 0 radical (unpaired) electrons. The second-order valence-electron chi connectivity index (χ2n) is 8.86. The van der Waals surface area contributed by atoms with Crippen molar-refractivity contribution in [1.29, 1.82) is 0 Å². The van der Waals surface area contributed by atoms with E-state index in [4.69, 9.17) is 0 Å². The van der Waals surface area contributed by atoms with Gasteiger partial charge in [0.2, 0.25) is 15.9 Å². The zero-order chi connectivity index (χ0) is 23.8. The van der Waals surface area contributed by atoms with Gasteiger partial charge in [0.1, 0.15) is 5.52 Å². The average Bonchev–Trinajstić information content (AvgIpc) is 3.25. The Labute approximate surface area is 195 Å². The van der Waals surface area contributed by atoms with E-state index in [0.717, 1.165) is 28.8 Å². The van der Waals surface area contributed by atoms with Gasteiger partial charge < -0.3 is 5.32 Å². The molecule has 1 N–H and O–H groups in total. The van der Waals surface area contributed by atoms with Gasteiger partial charge in [-0.3, -0.25) is 4.79 Å². The summed E-state index contributed by atoms with van der Waals surface area (Å²) in [5, 5.41) is 11.4. The Balaban J connectivity index is 1.44. The first kappa shape index (κ1) is 23.4. The van der Waals surface area contributed by atoms with Gasteiger partial charge in [0.05, 0.1) is 16.5 Å². The standard InChI is InChI=1S/C24H31N5O3S/c1-5-17(3)29-23-10-9-20(15-22(23)26-27-29)33(31,32)28-13-11-19(12-14-28)24(30)25-21-8-6-7-16(2)18(21)4/h6-10,15,17,19H,5,11-14H2,1-4H3,(H,25,30)/t17-/m0/s1. The summed E-state index contributed by atoms with van der Waals surface area (Å²) in [4.78, 5) is 13.0. The molecule has 1 aromatic heterocycles. The van der Waals surface area contributed by atoms with Gasteiger partial charge in [-0.05, 0) is 75.4 Å². The van der Waals surface area contributed by atoms with Gasteiger partial charge in [0, 0.05) is 24.7 Å². The summed E-state index contributed by atoms with van der Waals surface area (Å²) < 4.78 is 29.8. The van der Waals surface area contributed by atoms with Crippen LogP contribution in [0.3, 0.4) is 0 Å². The van der Waals surface area contributed by atoms with Crippen molar-refractivity contribution in [2.24, 2.45) is 5.92 Å². The van der Waals surface area contributed by atoms with E-state index in [1.165, 1.54) is 4.31 Å². The Morgan fingerprint density at radius 2 is 1.91 bits per heavy atom. The largest absolute Gasteiger partial charge is 0.326 e. The number of nitrogens with zero attached hydrogens (tertiary/aromatic N) is 4. The number of hydrogen-bond acceptors (Lipinski definition) is 5. The highest BCUT2D eigenvalue weighted by Crippen LogP contribution is 2.28. The zero-order valence-electron chi connectivity index (χ0n) is 19.6. The van der Waals surface area contributed by atoms with Crippen molar-refractivity contribution < 1.29 is 13.2 Å². The zero-order valence-corrected chi connectivity index (χ0v) is 20.4. The van der Waals surface area contributed by atoms with E-state index in [2.05, 4.69) is 29.5 Å². The molecule has 1 fully saturated rings. The Bertz CT molecular complexity index is 1280. The number of aromatic nitrogens is 3. The van der Waals surface area contributed by atoms with Crippen molar-refractivity contribution in [3.8, 4) is 0 Å². The lowest BCUT2D eigenvalue weighted by molar-refractivity contribution is -0.120. The summed E-state index contributed by atoms with van der Waals surface area (Å²) in [6, 6.07) is 11.0. The SMILES string of the molecule is CC[C@H](C)n1nnc2cc(S(=O)(=O)N3CCC(C(=O)Nc4cccc(C)c4C)CC3)ccc21. The molecule has 1 saturated heterocycles. The molecule has 0 saturated carbocycles. The van der Waals surface area contributed by atoms with Gasteiger partial charge in [0.25, 0.3) is 0 Å². The van der Waals surface area contributed by atoms with Crippen molar-refractivity contribution in [3.63, 3.8) is 0 Å². The molecule has 9 heteroatoms. The van der Waals surface area contributed by atoms with Crippen LogP contribution in [-0.2, 0) is 14.8 Å². The Kier molecular flexibility index (Phi) is 6.54. The second-order valence-corrected chi connectivity index (χ2v) is 10.8. The lowest BCUT2D eigenvalue weighted by Gasteiger charge is -2.30. The van der Waals surface area contributed by atoms with Gasteiger partial charge in [-0.25, -0.2) is 13.1 Å². The Morgan fingerprint density at radius 3 is 2.61 bits per heavy atom. The molecule has 1 atom stereocenters. The van der Waals surface area contributed by atoms with Crippen LogP contribution < -0.4 is 5.32 Å². The number of anilines is 1. The minimum absolute atomic E-state index is 0.0520. The molecule has 176 valence electrons. The van der Waals surface area contributed by atoms with Crippen LogP contribution in [0, 0.1) is 19.8 Å². The fourth-order valence-corrected chi connectivity index (χ4v) is 5.70. The predicted molar refractivity (Wildman–Crippen MR) is 129 cm³/mol. The number of rotatable bonds is 6. The molecule has 0 bridgehead atoms. The molecule has 2 heterocycles. The summed E-state index contributed by atoms with van der Waals surface area (Å²) in [5.41, 5.74) is 4.37. The highest BCUT2D eigenvalue weighted by Gasteiger charge is 2.32. The molecule has 2 aromatic carbocycles. The molecule has 3 aromatic rings. The fraction of sp³-hybridized carbons (Fsp3) is 0.458. The smallest absolute Gasteiger partial charge is 0.243 e. The number of sulfonamides is 1. The highest BCUT2D eigenvalue weighted by atomic mass is 32.2. The van der Waals surface area contributed by atoms with Gasteiger partial charge >= 0.3 is 0 Å². The van der Waals surface area contributed by atoms with Crippen LogP contribution >= 0.6 is 0 Å². The van der Waals surface area contributed by atoms with Crippen LogP contribution in [0.4, 0.5) is 5.69 Å². The first-order chi connectivity index (χ1) is 15.7. The summed E-state index contributed by atoms with van der Waals surface area (Å²) in [6.07, 6.45) is 1.88. The van der Waals surface area contributed by atoms with E-state index in [9.17, 15) is 13.2 Å². The van der Waals surface area contributed by atoms with Crippen molar-refractivity contribution in [2.45, 2.75) is 57.9 Å². The fourth-order valence-electron chi connectivity index (χ4n) is 4.21. The summed E-state index contributed by atoms with van der Waals surface area (Å²) in [7, 11) is -3.67. The maximum Gasteiger partial charge on any atom is 0.243 e. The van der Waals surface area contributed by atoms with Gasteiger partial charge in [-0.1, -0.05) is 24.3 Å². The van der Waals surface area contributed by atoms with Gasteiger partial charge in [0.15, 0.2) is 0 Å². The number of aryl methyl sites for hydroxylation is 1. The third-order valence-corrected chi connectivity index (χ3v) is 8.67. The number of carbonyl (C=O) groups excluding carboxylic acids is 1. The van der Waals surface area contributed by atoms with E-state index in [1.807, 2.05) is 36.7 Å². The number of carbonyl (C=O) groups is 1. The van der Waals surface area contributed by atoms with Crippen LogP contribution in [0.2, 0.25) is 0 Å². The third kappa shape index (κ3) is 4.52. The second kappa shape index (κ2) is 9.23. The number of hydrogen-bond donors (Lipinski definition) is 1. The number of piperidine rings is 1. The lowest BCUT2D eigenvalue weighted by atomic mass is 9.97. The van der Waals surface area contributed by atoms with Gasteiger partial charge in [-0.15, -0.1) is 5.10 Å². The summed E-state index contributed by atoms with van der Waals surface area (Å²) in [5.74, 6) is -0.266. The summed E-state index contributed by atoms with van der Waals surface area (Å²) >= 11 is 0. The monoisotopic (exact) mass is 469 g/mol.